The maximum Gasteiger partial charge on any atom is 0.208 e. The van der Waals surface area contributed by atoms with Crippen LogP contribution in [-0.4, -0.2) is 57.5 Å². The van der Waals surface area contributed by atoms with Crippen molar-refractivity contribution in [2.24, 2.45) is 0 Å². The second-order valence-corrected chi connectivity index (χ2v) is 6.10. The average Bonchev–Trinajstić information content (AvgIpc) is 3.05. The fourth-order valence-electron chi connectivity index (χ4n) is 2.95. The van der Waals surface area contributed by atoms with E-state index in [1.807, 2.05) is 6.20 Å². The summed E-state index contributed by atoms with van der Waals surface area (Å²) in [6, 6.07) is 0.642. The van der Waals surface area contributed by atoms with Crippen LogP contribution in [-0.2, 0) is 0 Å². The van der Waals surface area contributed by atoms with Crippen molar-refractivity contribution in [1.29, 1.82) is 0 Å². The third-order valence-electron chi connectivity index (χ3n) is 4.06. The highest BCUT2D eigenvalue weighted by Crippen LogP contribution is 2.32. The van der Waals surface area contributed by atoms with Crippen molar-refractivity contribution in [1.82, 2.24) is 25.3 Å². The Balaban J connectivity index is 1.62. The smallest absolute Gasteiger partial charge is 0.208 e. The van der Waals surface area contributed by atoms with Crippen molar-refractivity contribution < 1.29 is 0 Å². The van der Waals surface area contributed by atoms with Crippen LogP contribution in [0.25, 0.3) is 10.6 Å². The Morgan fingerprint density at radius 1 is 1.16 bits per heavy atom. The van der Waals surface area contributed by atoms with Crippen LogP contribution in [0.3, 0.4) is 0 Å². The monoisotopic (exact) mass is 276 g/mol. The van der Waals surface area contributed by atoms with E-state index in [9.17, 15) is 0 Å². The third kappa shape index (κ3) is 2.02. The van der Waals surface area contributed by atoms with Gasteiger partial charge >= 0.3 is 0 Å². The molecule has 2 aromatic heterocycles. The minimum absolute atomic E-state index is 0.642. The van der Waals surface area contributed by atoms with E-state index < -0.39 is 0 Å². The maximum atomic E-state index is 4.39. The first-order valence-corrected chi connectivity index (χ1v) is 7.53. The van der Waals surface area contributed by atoms with Gasteiger partial charge in [-0.15, -0.1) is 10.2 Å². The molecule has 19 heavy (non-hydrogen) atoms. The average molecular weight is 276 g/mol. The fourth-order valence-corrected chi connectivity index (χ4v) is 3.88. The number of nitrogens with zero attached hydrogens (tertiary/aromatic N) is 5. The molecular weight excluding hydrogens is 260 g/mol. The van der Waals surface area contributed by atoms with E-state index in [0.29, 0.717) is 6.04 Å². The van der Waals surface area contributed by atoms with E-state index in [0.717, 1.165) is 28.8 Å². The number of H-pyrrole nitrogens is 1. The van der Waals surface area contributed by atoms with Gasteiger partial charge in [0.2, 0.25) is 5.13 Å². The van der Waals surface area contributed by atoms with Gasteiger partial charge in [-0.1, -0.05) is 11.3 Å². The number of piperidine rings is 1. The topological polar surface area (TPSA) is 60.9 Å². The first kappa shape index (κ1) is 11.4. The molecule has 100 valence electrons. The summed E-state index contributed by atoms with van der Waals surface area (Å²) in [4.78, 5) is 5.00. The molecule has 2 bridgehead atoms. The zero-order chi connectivity index (χ0) is 12.7. The number of anilines is 1. The zero-order valence-corrected chi connectivity index (χ0v) is 11.4. The quantitative estimate of drug-likeness (QED) is 0.893. The van der Waals surface area contributed by atoms with Gasteiger partial charge in [-0.2, -0.15) is 5.10 Å². The van der Waals surface area contributed by atoms with E-state index >= 15 is 0 Å². The summed E-state index contributed by atoms with van der Waals surface area (Å²) in [5, 5.41) is 17.5. The van der Waals surface area contributed by atoms with Crippen LogP contribution in [0.2, 0.25) is 0 Å². The Labute approximate surface area is 115 Å². The molecule has 5 heterocycles. The molecule has 1 N–H and O–H groups in total. The molecule has 3 aliphatic rings. The molecule has 0 amide bonds. The Bertz CT molecular complexity index is 542. The van der Waals surface area contributed by atoms with Gasteiger partial charge in [-0.25, -0.2) is 0 Å². The Kier molecular flexibility index (Phi) is 2.73. The minimum Gasteiger partial charge on any atom is -0.342 e. The Morgan fingerprint density at radius 2 is 2.05 bits per heavy atom. The molecule has 7 heteroatoms. The van der Waals surface area contributed by atoms with Crippen molar-refractivity contribution >= 4 is 16.5 Å². The lowest BCUT2D eigenvalue weighted by atomic mass is 10.1. The summed E-state index contributed by atoms with van der Waals surface area (Å²) in [7, 11) is 0. The van der Waals surface area contributed by atoms with E-state index in [2.05, 4.69) is 30.2 Å². The van der Waals surface area contributed by atoms with Gasteiger partial charge in [0.1, 0.15) is 0 Å². The summed E-state index contributed by atoms with van der Waals surface area (Å²) in [5.41, 5.74) is 1.02. The van der Waals surface area contributed by atoms with Crippen LogP contribution in [0.5, 0.6) is 0 Å². The molecule has 3 fully saturated rings. The lowest BCUT2D eigenvalue weighted by molar-refractivity contribution is 0.250. The van der Waals surface area contributed by atoms with Gasteiger partial charge in [0.05, 0.1) is 11.8 Å². The van der Waals surface area contributed by atoms with Crippen LogP contribution in [0, 0.1) is 0 Å². The van der Waals surface area contributed by atoms with Crippen LogP contribution in [0.15, 0.2) is 12.4 Å². The normalized spacial score (nSPS) is 26.6. The van der Waals surface area contributed by atoms with E-state index in [1.165, 1.54) is 25.9 Å². The van der Waals surface area contributed by atoms with Gasteiger partial charge in [-0.05, 0) is 12.8 Å². The number of rotatable bonds is 2. The first-order valence-electron chi connectivity index (χ1n) is 6.72. The SMILES string of the molecule is c1n[nH]cc1-c1nnc(N2CCN3CCC2CC3)s1. The summed E-state index contributed by atoms with van der Waals surface area (Å²) in [6.45, 7) is 4.69. The van der Waals surface area contributed by atoms with Crippen LogP contribution in [0.4, 0.5) is 5.13 Å². The largest absolute Gasteiger partial charge is 0.342 e. The van der Waals surface area contributed by atoms with E-state index in [1.54, 1.807) is 17.5 Å². The molecule has 0 unspecified atom stereocenters. The maximum absolute atomic E-state index is 4.39. The first-order chi connectivity index (χ1) is 9.40. The molecule has 0 spiro atoms. The van der Waals surface area contributed by atoms with Crippen molar-refractivity contribution in [2.45, 2.75) is 18.9 Å². The highest BCUT2D eigenvalue weighted by molar-refractivity contribution is 7.18. The van der Waals surface area contributed by atoms with Crippen LogP contribution >= 0.6 is 11.3 Å². The lowest BCUT2D eigenvalue weighted by Crippen LogP contribution is -2.37. The molecule has 0 atom stereocenters. The summed E-state index contributed by atoms with van der Waals surface area (Å²) in [6.07, 6.45) is 6.16. The van der Waals surface area contributed by atoms with Gasteiger partial charge in [-0.3, -0.25) is 5.10 Å². The zero-order valence-electron chi connectivity index (χ0n) is 10.6. The molecule has 0 aromatic carbocycles. The van der Waals surface area contributed by atoms with E-state index in [-0.39, 0.29) is 0 Å². The molecule has 0 aliphatic carbocycles. The fraction of sp³-hybridized carbons (Fsp3) is 0.583. The van der Waals surface area contributed by atoms with E-state index in [4.69, 9.17) is 0 Å². The minimum atomic E-state index is 0.642. The molecule has 3 saturated heterocycles. The summed E-state index contributed by atoms with van der Waals surface area (Å²) >= 11 is 1.67. The molecule has 5 rings (SSSR count). The van der Waals surface area contributed by atoms with Crippen molar-refractivity contribution in [3.63, 3.8) is 0 Å². The number of aromatic amines is 1. The molecule has 0 radical (unpaired) electrons. The number of hydrogen-bond acceptors (Lipinski definition) is 6. The standard InChI is InChI=1S/C12H16N6S/c1-3-17-4-2-10(1)18(6-5-17)12-16-15-11(19-12)9-7-13-14-8-9/h7-8,10H,1-6H2,(H,13,14). The number of fused-ring (bicyclic) bond motifs is 4. The predicted molar refractivity (Wildman–Crippen MR) is 74.3 cm³/mol. The lowest BCUT2D eigenvalue weighted by Gasteiger charge is -2.30. The molecular formula is C12H16N6S. The predicted octanol–water partition coefficient (Wildman–Crippen LogP) is 1.21. The summed E-state index contributed by atoms with van der Waals surface area (Å²) in [5.74, 6) is 0. The molecule has 0 saturated carbocycles. The van der Waals surface area contributed by atoms with Gasteiger partial charge in [0, 0.05) is 38.4 Å². The van der Waals surface area contributed by atoms with Gasteiger partial charge < -0.3 is 9.80 Å². The summed E-state index contributed by atoms with van der Waals surface area (Å²) < 4.78 is 0. The highest BCUT2D eigenvalue weighted by Gasteiger charge is 2.30. The van der Waals surface area contributed by atoms with Crippen molar-refractivity contribution in [3.05, 3.63) is 12.4 Å². The molecule has 2 aromatic rings. The number of aromatic nitrogens is 4. The number of hydrogen-bond donors (Lipinski definition) is 1. The van der Waals surface area contributed by atoms with Gasteiger partial charge in [0.25, 0.3) is 0 Å². The Hall–Kier alpha value is -1.47. The van der Waals surface area contributed by atoms with Gasteiger partial charge in [0.15, 0.2) is 5.01 Å². The Morgan fingerprint density at radius 3 is 2.84 bits per heavy atom. The van der Waals surface area contributed by atoms with Crippen LogP contribution in [0.1, 0.15) is 12.8 Å². The van der Waals surface area contributed by atoms with Crippen LogP contribution < -0.4 is 4.90 Å². The molecule has 3 aliphatic heterocycles. The highest BCUT2D eigenvalue weighted by atomic mass is 32.1. The second-order valence-electron chi connectivity index (χ2n) is 5.14. The molecule has 6 nitrogen and oxygen atoms in total. The van der Waals surface area contributed by atoms with Crippen molar-refractivity contribution in [2.75, 3.05) is 31.1 Å². The second kappa shape index (κ2) is 4.57. The number of nitrogens with one attached hydrogen (secondary N) is 1. The van der Waals surface area contributed by atoms with Crippen molar-refractivity contribution in [3.8, 4) is 10.6 Å². The third-order valence-corrected chi connectivity index (χ3v) is 5.07.